The fourth-order valence-corrected chi connectivity index (χ4v) is 2.05. The molecular formula is C16H19FN2O2. The Morgan fingerprint density at radius 2 is 2.00 bits per heavy atom. The molecule has 2 rings (SSSR count). The minimum Gasteiger partial charge on any atom is -0.436 e. The van der Waals surface area contributed by atoms with Crippen molar-refractivity contribution in [2.24, 2.45) is 0 Å². The number of halogens is 1. The molecule has 0 saturated heterocycles. The monoisotopic (exact) mass is 290 g/mol. The molecular weight excluding hydrogens is 271 g/mol. The van der Waals surface area contributed by atoms with Crippen LogP contribution >= 0.6 is 0 Å². The van der Waals surface area contributed by atoms with Gasteiger partial charge in [-0.05, 0) is 30.0 Å². The number of hydrogen-bond donors (Lipinski definition) is 1. The van der Waals surface area contributed by atoms with E-state index in [-0.39, 0.29) is 23.4 Å². The Kier molecular flexibility index (Phi) is 4.73. The van der Waals surface area contributed by atoms with Crippen LogP contribution in [-0.4, -0.2) is 17.4 Å². The number of aryl methyl sites for hydroxylation is 1. The third-order valence-electron chi connectivity index (χ3n) is 3.13. The molecule has 0 aliphatic rings. The van der Waals surface area contributed by atoms with E-state index in [0.717, 1.165) is 5.56 Å². The summed E-state index contributed by atoms with van der Waals surface area (Å²) >= 11 is 0. The Morgan fingerprint density at radius 3 is 2.62 bits per heavy atom. The summed E-state index contributed by atoms with van der Waals surface area (Å²) < 4.78 is 18.2. The van der Waals surface area contributed by atoms with Gasteiger partial charge in [0.1, 0.15) is 5.82 Å². The van der Waals surface area contributed by atoms with Crippen molar-refractivity contribution in [2.75, 3.05) is 6.54 Å². The van der Waals surface area contributed by atoms with E-state index in [1.54, 1.807) is 19.1 Å². The molecule has 0 radical (unpaired) electrons. The molecule has 1 amide bonds. The third-order valence-corrected chi connectivity index (χ3v) is 3.13. The Morgan fingerprint density at radius 1 is 1.33 bits per heavy atom. The number of carbonyl (C=O) groups is 1. The van der Waals surface area contributed by atoms with Gasteiger partial charge in [-0.3, -0.25) is 4.79 Å². The summed E-state index contributed by atoms with van der Waals surface area (Å²) in [6, 6.07) is 6.24. The summed E-state index contributed by atoms with van der Waals surface area (Å²) in [6.45, 7) is 6.11. The van der Waals surface area contributed by atoms with Crippen molar-refractivity contribution in [3.8, 4) is 0 Å². The molecule has 0 aliphatic carbocycles. The van der Waals surface area contributed by atoms with Gasteiger partial charge in [-0.15, -0.1) is 0 Å². The number of benzene rings is 1. The number of nitrogens with one attached hydrogen (secondary N) is 1. The standard InChI is InChI=1S/C16H19FN2O2/c1-10(2)14-15(21-11(3)19-14)16(20)18-9-8-12-4-6-13(17)7-5-12/h4-7,10H,8-9H2,1-3H3,(H,18,20). The van der Waals surface area contributed by atoms with Crippen LogP contribution in [0, 0.1) is 12.7 Å². The third kappa shape index (κ3) is 3.90. The normalized spacial score (nSPS) is 10.9. The predicted molar refractivity (Wildman–Crippen MR) is 77.8 cm³/mol. The molecule has 0 saturated carbocycles. The van der Waals surface area contributed by atoms with Gasteiger partial charge in [0.2, 0.25) is 5.76 Å². The summed E-state index contributed by atoms with van der Waals surface area (Å²) in [6.07, 6.45) is 0.635. The van der Waals surface area contributed by atoms with Gasteiger partial charge in [-0.2, -0.15) is 0 Å². The van der Waals surface area contributed by atoms with Gasteiger partial charge in [-0.25, -0.2) is 9.37 Å². The quantitative estimate of drug-likeness (QED) is 0.920. The first-order valence-electron chi connectivity index (χ1n) is 6.97. The first-order chi connectivity index (χ1) is 9.97. The molecule has 0 bridgehead atoms. The zero-order valence-electron chi connectivity index (χ0n) is 12.4. The van der Waals surface area contributed by atoms with Gasteiger partial charge in [0.15, 0.2) is 5.89 Å². The molecule has 1 aromatic carbocycles. The molecule has 0 atom stereocenters. The van der Waals surface area contributed by atoms with E-state index in [2.05, 4.69) is 10.3 Å². The molecule has 21 heavy (non-hydrogen) atoms. The lowest BCUT2D eigenvalue weighted by molar-refractivity contribution is 0.0923. The average molecular weight is 290 g/mol. The number of rotatable bonds is 5. The highest BCUT2D eigenvalue weighted by molar-refractivity contribution is 5.92. The van der Waals surface area contributed by atoms with Crippen LogP contribution in [0.25, 0.3) is 0 Å². The zero-order valence-corrected chi connectivity index (χ0v) is 12.4. The van der Waals surface area contributed by atoms with Gasteiger partial charge in [0, 0.05) is 13.5 Å². The molecule has 1 heterocycles. The predicted octanol–water partition coefficient (Wildman–Crippen LogP) is 3.22. The topological polar surface area (TPSA) is 55.1 Å². The van der Waals surface area contributed by atoms with E-state index in [1.165, 1.54) is 12.1 Å². The van der Waals surface area contributed by atoms with Crippen molar-refractivity contribution in [3.63, 3.8) is 0 Å². The maximum Gasteiger partial charge on any atom is 0.289 e. The van der Waals surface area contributed by atoms with Crippen molar-refractivity contribution in [1.29, 1.82) is 0 Å². The highest BCUT2D eigenvalue weighted by Gasteiger charge is 2.20. The smallest absolute Gasteiger partial charge is 0.289 e. The van der Waals surface area contributed by atoms with Crippen LogP contribution in [0.15, 0.2) is 28.7 Å². The van der Waals surface area contributed by atoms with Crippen LogP contribution in [0.2, 0.25) is 0 Å². The number of amides is 1. The van der Waals surface area contributed by atoms with Crippen LogP contribution in [0.5, 0.6) is 0 Å². The fraction of sp³-hybridized carbons (Fsp3) is 0.375. The average Bonchev–Trinajstić information content (AvgIpc) is 2.83. The molecule has 0 fully saturated rings. The minimum absolute atomic E-state index is 0.125. The second-order valence-corrected chi connectivity index (χ2v) is 5.23. The van der Waals surface area contributed by atoms with Crippen LogP contribution in [0.3, 0.4) is 0 Å². The number of oxazole rings is 1. The van der Waals surface area contributed by atoms with Crippen molar-refractivity contribution in [3.05, 3.63) is 53.0 Å². The van der Waals surface area contributed by atoms with Crippen molar-refractivity contribution in [2.45, 2.75) is 33.1 Å². The number of carbonyl (C=O) groups excluding carboxylic acids is 1. The maximum atomic E-state index is 12.8. The molecule has 2 aromatic rings. The molecule has 0 spiro atoms. The number of hydrogen-bond acceptors (Lipinski definition) is 3. The second kappa shape index (κ2) is 6.52. The molecule has 5 heteroatoms. The maximum absolute atomic E-state index is 12.8. The fourth-order valence-electron chi connectivity index (χ4n) is 2.05. The van der Waals surface area contributed by atoms with E-state index >= 15 is 0 Å². The zero-order chi connectivity index (χ0) is 15.4. The number of nitrogens with zero attached hydrogens (tertiary/aromatic N) is 1. The van der Waals surface area contributed by atoms with Crippen molar-refractivity contribution in [1.82, 2.24) is 10.3 Å². The molecule has 4 nitrogen and oxygen atoms in total. The molecule has 0 aliphatic heterocycles. The summed E-state index contributed by atoms with van der Waals surface area (Å²) in [5.74, 6) is 0.368. The lowest BCUT2D eigenvalue weighted by Gasteiger charge is -2.06. The van der Waals surface area contributed by atoms with Crippen LogP contribution in [0.1, 0.15) is 47.5 Å². The van der Waals surface area contributed by atoms with Gasteiger partial charge in [0.05, 0.1) is 5.69 Å². The second-order valence-electron chi connectivity index (χ2n) is 5.23. The first kappa shape index (κ1) is 15.2. The molecule has 0 unspecified atom stereocenters. The van der Waals surface area contributed by atoms with E-state index < -0.39 is 0 Å². The molecule has 1 aromatic heterocycles. The first-order valence-corrected chi connectivity index (χ1v) is 6.97. The van der Waals surface area contributed by atoms with Gasteiger partial charge < -0.3 is 9.73 Å². The molecule has 1 N–H and O–H groups in total. The van der Waals surface area contributed by atoms with Gasteiger partial charge in [0.25, 0.3) is 5.91 Å². The minimum atomic E-state index is -0.263. The van der Waals surface area contributed by atoms with Gasteiger partial charge in [-0.1, -0.05) is 26.0 Å². The van der Waals surface area contributed by atoms with Crippen LogP contribution < -0.4 is 5.32 Å². The van der Waals surface area contributed by atoms with Crippen LogP contribution in [-0.2, 0) is 6.42 Å². The van der Waals surface area contributed by atoms with E-state index in [9.17, 15) is 9.18 Å². The van der Waals surface area contributed by atoms with E-state index in [1.807, 2.05) is 13.8 Å². The Labute approximate surface area is 123 Å². The number of aromatic nitrogens is 1. The summed E-state index contributed by atoms with van der Waals surface area (Å²) in [4.78, 5) is 16.4. The van der Waals surface area contributed by atoms with Gasteiger partial charge >= 0.3 is 0 Å². The summed E-state index contributed by atoms with van der Waals surface area (Å²) in [5.41, 5.74) is 1.64. The van der Waals surface area contributed by atoms with E-state index in [0.29, 0.717) is 24.6 Å². The lowest BCUT2D eigenvalue weighted by Crippen LogP contribution is -2.26. The van der Waals surface area contributed by atoms with E-state index in [4.69, 9.17) is 4.42 Å². The Hall–Kier alpha value is -2.17. The SMILES string of the molecule is Cc1nc(C(C)C)c(C(=O)NCCc2ccc(F)cc2)o1. The van der Waals surface area contributed by atoms with Crippen molar-refractivity contribution >= 4 is 5.91 Å². The Bertz CT molecular complexity index is 618. The summed E-state index contributed by atoms with van der Waals surface area (Å²) in [5, 5.41) is 2.80. The lowest BCUT2D eigenvalue weighted by atomic mass is 10.1. The molecule has 112 valence electrons. The highest BCUT2D eigenvalue weighted by Crippen LogP contribution is 2.19. The highest BCUT2D eigenvalue weighted by atomic mass is 19.1. The summed E-state index contributed by atoms with van der Waals surface area (Å²) in [7, 11) is 0. The van der Waals surface area contributed by atoms with Crippen molar-refractivity contribution < 1.29 is 13.6 Å². The van der Waals surface area contributed by atoms with Crippen LogP contribution in [0.4, 0.5) is 4.39 Å². The largest absolute Gasteiger partial charge is 0.436 e. The Balaban J connectivity index is 1.94.